The van der Waals surface area contributed by atoms with Gasteiger partial charge in [-0.05, 0) is 125 Å². The van der Waals surface area contributed by atoms with Gasteiger partial charge in [-0.1, -0.05) is 33.8 Å². The Kier molecular flexibility index (Phi) is 14.0. The van der Waals surface area contributed by atoms with Gasteiger partial charge in [-0.25, -0.2) is 10.4 Å². The van der Waals surface area contributed by atoms with Crippen LogP contribution in [0.25, 0.3) is 33.4 Å². The summed E-state index contributed by atoms with van der Waals surface area (Å²) in [5.41, 5.74) is 10.5. The molecule has 7 atom stereocenters. The Morgan fingerprint density at radius 2 is 1.72 bits per heavy atom. The van der Waals surface area contributed by atoms with Crippen molar-refractivity contribution in [3.05, 3.63) is 59.4 Å². The number of fused-ring (bicyclic) bond motifs is 6. The van der Waals surface area contributed by atoms with Crippen LogP contribution in [0.5, 0.6) is 0 Å². The number of pyridine rings is 1. The molecule has 17 heteroatoms. The number of hydrogen-bond donors (Lipinski definition) is 2. The van der Waals surface area contributed by atoms with Crippen LogP contribution in [0.2, 0.25) is 0 Å². The molecule has 4 aromatic rings. The smallest absolute Gasteiger partial charge is 0.324 e. The lowest BCUT2D eigenvalue weighted by molar-refractivity contribution is -0.204. The van der Waals surface area contributed by atoms with Crippen molar-refractivity contribution in [3.8, 4) is 22.5 Å². The summed E-state index contributed by atoms with van der Waals surface area (Å²) in [6.45, 7) is 18.3. The summed E-state index contributed by atoms with van der Waals surface area (Å²) in [4.78, 5) is 59.2. The summed E-state index contributed by atoms with van der Waals surface area (Å²) in [5.74, 6) is -0.00982. The highest BCUT2D eigenvalue weighted by Gasteiger charge is 2.56. The van der Waals surface area contributed by atoms with Gasteiger partial charge in [0.1, 0.15) is 30.1 Å². The molecule has 7 fully saturated rings. The van der Waals surface area contributed by atoms with Crippen molar-refractivity contribution in [3.63, 3.8) is 0 Å². The molecule has 1 spiro atoms. The molecule has 12 rings (SSSR count). The van der Waals surface area contributed by atoms with Crippen LogP contribution in [0.15, 0.2) is 41.1 Å². The van der Waals surface area contributed by atoms with Crippen LogP contribution in [0.4, 0.5) is 0 Å². The molecule has 2 aliphatic carbocycles. The Labute approximate surface area is 441 Å². The molecular formula is C58H78N8O9. The Balaban J connectivity index is 1.00. The van der Waals surface area contributed by atoms with Crippen LogP contribution in [-0.4, -0.2) is 151 Å². The molecule has 1 aromatic carbocycles. The quantitative estimate of drug-likeness (QED) is 0.139. The number of ether oxygens (including phenoxy) is 5. The number of esters is 1. The van der Waals surface area contributed by atoms with Gasteiger partial charge >= 0.3 is 5.97 Å². The van der Waals surface area contributed by atoms with Gasteiger partial charge in [0.2, 0.25) is 11.8 Å². The van der Waals surface area contributed by atoms with Crippen molar-refractivity contribution in [2.75, 3.05) is 79.5 Å². The van der Waals surface area contributed by atoms with Gasteiger partial charge in [-0.3, -0.25) is 29.3 Å². The number of nitrogens with one attached hydrogen (secondary N) is 2. The average molecular weight is 1030 g/mol. The molecule has 2 saturated carbocycles. The van der Waals surface area contributed by atoms with Crippen molar-refractivity contribution < 1.29 is 42.5 Å². The number of oxazole rings is 1. The molecule has 0 radical (unpaired) electrons. The van der Waals surface area contributed by atoms with Crippen molar-refractivity contribution >= 4 is 28.7 Å². The van der Waals surface area contributed by atoms with Crippen molar-refractivity contribution in [1.29, 1.82) is 0 Å². The second-order valence-electron chi connectivity index (χ2n) is 24.4. The summed E-state index contributed by atoms with van der Waals surface area (Å²) in [7, 11) is 1.75. The number of rotatable bonds is 12. The van der Waals surface area contributed by atoms with Crippen molar-refractivity contribution in [2.45, 2.75) is 141 Å². The first-order valence-electron chi connectivity index (χ1n) is 28.2. The van der Waals surface area contributed by atoms with Gasteiger partial charge in [-0.2, -0.15) is 0 Å². The molecule has 5 saturated heterocycles. The second kappa shape index (κ2) is 20.6. The molecule has 2 N–H and O–H groups in total. The van der Waals surface area contributed by atoms with E-state index in [0.29, 0.717) is 96.0 Å². The fourth-order valence-corrected chi connectivity index (χ4v) is 13.3. The summed E-state index contributed by atoms with van der Waals surface area (Å²) in [6, 6.07) is 7.11. The second-order valence-corrected chi connectivity index (χ2v) is 24.4. The Morgan fingerprint density at radius 3 is 2.43 bits per heavy atom. The number of benzene rings is 1. The number of nitrogens with zero attached hydrogens (tertiary/aromatic N) is 6. The number of cyclic esters (lactones) is 1. The number of carbonyl (C=O) groups is 3. The highest BCUT2D eigenvalue weighted by molar-refractivity contribution is 5.95. The summed E-state index contributed by atoms with van der Waals surface area (Å²) < 4.78 is 39.5. The van der Waals surface area contributed by atoms with Crippen LogP contribution in [0.3, 0.4) is 0 Å². The van der Waals surface area contributed by atoms with E-state index < -0.39 is 29.5 Å². The number of aromatic nitrogens is 3. The predicted molar refractivity (Wildman–Crippen MR) is 280 cm³/mol. The first-order chi connectivity index (χ1) is 36.3. The van der Waals surface area contributed by atoms with Gasteiger partial charge < -0.3 is 42.9 Å². The van der Waals surface area contributed by atoms with Gasteiger partial charge in [0.15, 0.2) is 0 Å². The molecule has 1 unspecified atom stereocenters. The van der Waals surface area contributed by atoms with E-state index in [2.05, 4.69) is 90.2 Å². The zero-order valence-electron chi connectivity index (χ0n) is 44.9. The lowest BCUT2D eigenvalue weighted by Crippen LogP contribution is -2.70. The van der Waals surface area contributed by atoms with Crippen molar-refractivity contribution in [1.82, 2.24) is 40.1 Å². The minimum absolute atomic E-state index is 0.0175. The highest BCUT2D eigenvalue weighted by atomic mass is 16.5. The molecule has 17 nitrogen and oxygen atoms in total. The highest BCUT2D eigenvalue weighted by Crippen LogP contribution is 2.48. The van der Waals surface area contributed by atoms with Gasteiger partial charge in [0, 0.05) is 97.5 Å². The largest absolute Gasteiger partial charge is 0.464 e. The number of amides is 2. The molecule has 2 amide bonds. The third-order valence-corrected chi connectivity index (χ3v) is 18.4. The van der Waals surface area contributed by atoms with Gasteiger partial charge in [0.25, 0.3) is 5.91 Å². The maximum absolute atomic E-state index is 15.2. The van der Waals surface area contributed by atoms with Crippen molar-refractivity contribution in [2.24, 2.45) is 28.6 Å². The monoisotopic (exact) mass is 1030 g/mol. The zero-order valence-corrected chi connectivity index (χ0v) is 44.9. The SMILES string of the molecule is CO[C@@H](C)c1ncc(C2CCN(C3CC3)CC2)cc1-c1c2c3cc(ccc3n1CCOC1CCOCC1)-c1coc(n1)[C@@H](N1CC3(COC3)C1)[C@H](NC(=O)C1[C@@H](C)[C@H]1C)C(=O)N1CCC[C@H](N1)C(=O)OCC(C)(C)C2. The molecule has 404 valence electrons. The Hall–Kier alpha value is -4.75. The first kappa shape index (κ1) is 51.0. The number of hydrazine groups is 1. The van der Waals surface area contributed by atoms with Gasteiger partial charge in [0.05, 0.1) is 50.0 Å². The maximum Gasteiger partial charge on any atom is 0.324 e. The fourth-order valence-electron chi connectivity index (χ4n) is 13.3. The molecule has 9 heterocycles. The number of piperidine rings is 1. The van der Waals surface area contributed by atoms with Crippen LogP contribution in [-0.2, 0) is 51.0 Å². The van der Waals surface area contributed by atoms with Crippen LogP contribution in [0.1, 0.15) is 127 Å². The van der Waals surface area contributed by atoms with E-state index in [9.17, 15) is 9.59 Å². The molecule has 8 aliphatic rings. The predicted octanol–water partition coefficient (Wildman–Crippen LogP) is 6.98. The van der Waals surface area contributed by atoms with Gasteiger partial charge in [-0.15, -0.1) is 0 Å². The first-order valence-corrected chi connectivity index (χ1v) is 28.2. The van der Waals surface area contributed by atoms with E-state index in [-0.39, 0.29) is 53.8 Å². The zero-order chi connectivity index (χ0) is 51.8. The molecule has 75 heavy (non-hydrogen) atoms. The maximum atomic E-state index is 15.2. The topological polar surface area (TPSA) is 175 Å². The lowest BCUT2D eigenvalue weighted by atomic mass is 9.76. The number of carbonyl (C=O) groups excluding carboxylic acids is 3. The third-order valence-electron chi connectivity index (χ3n) is 18.4. The van der Waals surface area contributed by atoms with E-state index in [1.807, 2.05) is 0 Å². The third kappa shape index (κ3) is 10.1. The minimum Gasteiger partial charge on any atom is -0.464 e. The normalized spacial score (nSPS) is 29.1. The van der Waals surface area contributed by atoms with Crippen LogP contribution in [0, 0.1) is 28.6 Å². The Bertz CT molecular complexity index is 2750. The minimum atomic E-state index is -1.06. The molecule has 6 aliphatic heterocycles. The lowest BCUT2D eigenvalue weighted by Gasteiger charge is -2.57. The van der Waals surface area contributed by atoms with Crippen LogP contribution < -0.4 is 10.7 Å². The summed E-state index contributed by atoms with van der Waals surface area (Å²) in [5, 5.41) is 5.80. The molecule has 3 aromatic heterocycles. The number of hydrogen-bond acceptors (Lipinski definition) is 14. The summed E-state index contributed by atoms with van der Waals surface area (Å²) in [6.07, 6.45) is 11.8. The average Bonchev–Trinajstić information content (AvgIpc) is 4.29. The van der Waals surface area contributed by atoms with E-state index in [1.54, 1.807) is 13.4 Å². The molecular weight excluding hydrogens is 953 g/mol. The fraction of sp³-hybridized carbons (Fsp3) is 0.672. The molecule has 6 bridgehead atoms. The summed E-state index contributed by atoms with van der Waals surface area (Å²) >= 11 is 0. The van der Waals surface area contributed by atoms with Crippen LogP contribution >= 0.6 is 0 Å². The van der Waals surface area contributed by atoms with E-state index in [4.69, 9.17) is 38.1 Å². The number of likely N-dealkylation sites (tertiary alicyclic amines) is 2. The van der Waals surface area contributed by atoms with E-state index in [1.165, 1.54) is 23.4 Å². The standard InChI is InChI=1S/C58H78N8O9/c1-34-35(2)48(34)53(67)61-50-52(64-29-58(30-64)32-72-33-58)54-60-46(28-74-54)38-9-12-47-42(24-38)44(26-57(4,5)31-75-56(69)45-8-7-17-66(62-45)55(50)68)51(65(47)20-23-73-41-15-21-71-22-16-41)43-25-39(27-59-49(43)36(3)70-6)37-13-18-63(19-14-37)40-10-11-40/h9,12,24-25,27-28,34-37,40-41,45,48,50,52,62H,7-8,10-11,13-23,26,29-33H2,1-6H3,(H,61,67)/t34-,35+,36-,45-,48?,50-,52-/m0/s1. The Morgan fingerprint density at radius 1 is 0.947 bits per heavy atom. The van der Waals surface area contributed by atoms with E-state index in [0.717, 1.165) is 83.8 Å². The number of methoxy groups -OCH3 is 1. The van der Waals surface area contributed by atoms with E-state index >= 15 is 4.79 Å².